The van der Waals surface area contributed by atoms with Gasteiger partial charge in [-0.3, -0.25) is 9.59 Å². The molecular formula is C15H21N5O3. The zero-order valence-corrected chi connectivity index (χ0v) is 13.2. The molecule has 0 aliphatic carbocycles. The van der Waals surface area contributed by atoms with Crippen LogP contribution in [0, 0.1) is 0 Å². The van der Waals surface area contributed by atoms with Crippen LogP contribution in [0.4, 0.5) is 11.6 Å². The Morgan fingerprint density at radius 2 is 2.00 bits per heavy atom. The lowest BCUT2D eigenvalue weighted by atomic mass is 10.2. The number of nitrogens with one attached hydrogen (secondary N) is 1. The van der Waals surface area contributed by atoms with Crippen molar-refractivity contribution < 1.29 is 14.3 Å². The van der Waals surface area contributed by atoms with Gasteiger partial charge in [-0.2, -0.15) is 0 Å². The van der Waals surface area contributed by atoms with Gasteiger partial charge in [-0.15, -0.1) is 10.2 Å². The molecule has 1 aromatic rings. The molecule has 2 amide bonds. The Bertz CT molecular complexity index is 563. The van der Waals surface area contributed by atoms with Crippen molar-refractivity contribution in [1.82, 2.24) is 15.1 Å². The molecule has 0 radical (unpaired) electrons. The molecule has 2 saturated heterocycles. The summed E-state index contributed by atoms with van der Waals surface area (Å²) in [4.78, 5) is 27.2. The Morgan fingerprint density at radius 3 is 2.57 bits per heavy atom. The SMILES string of the molecule is CC(=O)N1CCN(c2ccc(NC(=O)C3CCCO3)nn2)CC1. The molecule has 8 heteroatoms. The zero-order chi connectivity index (χ0) is 16.2. The standard InChI is InChI=1S/C15H21N5O3/c1-11(21)19-6-8-20(9-7-19)14-5-4-13(17-18-14)16-15(22)12-3-2-10-23-12/h4-5,12H,2-3,6-10H2,1H3,(H,16,17,22). The first-order valence-electron chi connectivity index (χ1n) is 7.90. The number of hydrogen-bond acceptors (Lipinski definition) is 6. The fraction of sp³-hybridized carbons (Fsp3) is 0.600. The topological polar surface area (TPSA) is 87.7 Å². The van der Waals surface area contributed by atoms with Gasteiger partial charge in [0.05, 0.1) is 0 Å². The first-order chi connectivity index (χ1) is 11.1. The molecule has 124 valence electrons. The molecule has 1 atom stereocenters. The molecule has 0 saturated carbocycles. The molecule has 23 heavy (non-hydrogen) atoms. The van der Waals surface area contributed by atoms with Gasteiger partial charge in [0.1, 0.15) is 6.10 Å². The second-order valence-corrected chi connectivity index (χ2v) is 5.76. The van der Waals surface area contributed by atoms with Crippen LogP contribution in [-0.2, 0) is 14.3 Å². The summed E-state index contributed by atoms with van der Waals surface area (Å²) >= 11 is 0. The van der Waals surface area contributed by atoms with Crippen molar-refractivity contribution in [3.8, 4) is 0 Å². The Kier molecular flexibility index (Phi) is 4.71. The predicted octanol–water partition coefficient (Wildman–Crippen LogP) is 0.263. The molecule has 2 aliphatic heterocycles. The van der Waals surface area contributed by atoms with Crippen molar-refractivity contribution in [2.24, 2.45) is 0 Å². The summed E-state index contributed by atoms with van der Waals surface area (Å²) in [5.74, 6) is 1.11. The lowest BCUT2D eigenvalue weighted by molar-refractivity contribution is -0.129. The number of carbonyl (C=O) groups excluding carboxylic acids is 2. The number of amides is 2. The van der Waals surface area contributed by atoms with E-state index in [2.05, 4.69) is 20.4 Å². The second-order valence-electron chi connectivity index (χ2n) is 5.76. The van der Waals surface area contributed by atoms with Crippen molar-refractivity contribution in [3.05, 3.63) is 12.1 Å². The van der Waals surface area contributed by atoms with E-state index in [1.165, 1.54) is 0 Å². The van der Waals surface area contributed by atoms with Gasteiger partial charge in [-0.25, -0.2) is 0 Å². The van der Waals surface area contributed by atoms with Crippen molar-refractivity contribution >= 4 is 23.5 Å². The van der Waals surface area contributed by atoms with Gasteiger partial charge in [0.2, 0.25) is 5.91 Å². The van der Waals surface area contributed by atoms with Crippen LogP contribution in [-0.4, -0.2) is 65.8 Å². The lowest BCUT2D eigenvalue weighted by Crippen LogP contribution is -2.48. The van der Waals surface area contributed by atoms with E-state index in [4.69, 9.17) is 4.74 Å². The van der Waals surface area contributed by atoms with Crippen LogP contribution in [0.15, 0.2) is 12.1 Å². The van der Waals surface area contributed by atoms with Gasteiger partial charge in [-0.1, -0.05) is 0 Å². The molecule has 0 aromatic carbocycles. The first-order valence-corrected chi connectivity index (χ1v) is 7.90. The highest BCUT2D eigenvalue weighted by molar-refractivity contribution is 5.93. The summed E-state index contributed by atoms with van der Waals surface area (Å²) in [7, 11) is 0. The van der Waals surface area contributed by atoms with E-state index in [9.17, 15) is 9.59 Å². The minimum absolute atomic E-state index is 0.0999. The number of carbonyl (C=O) groups is 2. The summed E-state index contributed by atoms with van der Waals surface area (Å²) in [6, 6.07) is 3.58. The Morgan fingerprint density at radius 1 is 1.22 bits per heavy atom. The summed E-state index contributed by atoms with van der Waals surface area (Å²) < 4.78 is 5.33. The quantitative estimate of drug-likeness (QED) is 0.860. The molecule has 3 heterocycles. The lowest BCUT2D eigenvalue weighted by Gasteiger charge is -2.34. The Labute approximate surface area is 134 Å². The van der Waals surface area contributed by atoms with Crippen molar-refractivity contribution in [3.63, 3.8) is 0 Å². The van der Waals surface area contributed by atoms with Crippen molar-refractivity contribution in [2.75, 3.05) is 43.0 Å². The Balaban J connectivity index is 1.55. The second kappa shape index (κ2) is 6.91. The highest BCUT2D eigenvalue weighted by Gasteiger charge is 2.24. The zero-order valence-electron chi connectivity index (χ0n) is 13.2. The number of ether oxygens (including phenoxy) is 1. The summed E-state index contributed by atoms with van der Waals surface area (Å²) in [6.45, 7) is 5.06. The van der Waals surface area contributed by atoms with E-state index in [1.807, 2.05) is 11.0 Å². The monoisotopic (exact) mass is 319 g/mol. The largest absolute Gasteiger partial charge is 0.368 e. The predicted molar refractivity (Wildman–Crippen MR) is 84.1 cm³/mol. The summed E-state index contributed by atoms with van der Waals surface area (Å²) in [5, 5.41) is 11.0. The Hall–Kier alpha value is -2.22. The maximum atomic E-state index is 11.9. The average molecular weight is 319 g/mol. The fourth-order valence-electron chi connectivity index (χ4n) is 2.80. The van der Waals surface area contributed by atoms with E-state index in [1.54, 1.807) is 13.0 Å². The van der Waals surface area contributed by atoms with E-state index in [-0.39, 0.29) is 17.9 Å². The van der Waals surface area contributed by atoms with Gasteiger partial charge in [-0.05, 0) is 25.0 Å². The third-order valence-corrected chi connectivity index (χ3v) is 4.17. The number of hydrogen-bond donors (Lipinski definition) is 1. The average Bonchev–Trinajstić information content (AvgIpc) is 3.10. The maximum absolute atomic E-state index is 11.9. The van der Waals surface area contributed by atoms with Crippen LogP contribution in [0.3, 0.4) is 0 Å². The molecule has 1 aromatic heterocycles. The van der Waals surface area contributed by atoms with Crippen molar-refractivity contribution in [2.45, 2.75) is 25.9 Å². The van der Waals surface area contributed by atoms with Gasteiger partial charge in [0, 0.05) is 39.7 Å². The fourth-order valence-corrected chi connectivity index (χ4v) is 2.80. The van der Waals surface area contributed by atoms with Gasteiger partial charge in [0.25, 0.3) is 5.91 Å². The van der Waals surface area contributed by atoms with Crippen LogP contribution in [0.25, 0.3) is 0 Å². The number of aromatic nitrogens is 2. The number of anilines is 2. The van der Waals surface area contributed by atoms with Crippen LogP contribution in [0.5, 0.6) is 0 Å². The third-order valence-electron chi connectivity index (χ3n) is 4.17. The number of nitrogens with zero attached hydrogens (tertiary/aromatic N) is 4. The number of rotatable bonds is 3. The summed E-state index contributed by atoms with van der Waals surface area (Å²) in [5.41, 5.74) is 0. The molecule has 0 bridgehead atoms. The highest BCUT2D eigenvalue weighted by atomic mass is 16.5. The molecule has 1 N–H and O–H groups in total. The maximum Gasteiger partial charge on any atom is 0.254 e. The normalized spacial score (nSPS) is 21.3. The summed E-state index contributed by atoms with van der Waals surface area (Å²) in [6.07, 6.45) is 1.28. The molecule has 1 unspecified atom stereocenters. The van der Waals surface area contributed by atoms with E-state index < -0.39 is 0 Å². The molecular weight excluding hydrogens is 298 g/mol. The first kappa shape index (κ1) is 15.7. The molecule has 8 nitrogen and oxygen atoms in total. The molecule has 2 fully saturated rings. The van der Waals surface area contributed by atoms with E-state index in [0.29, 0.717) is 25.5 Å². The molecule has 0 spiro atoms. The minimum Gasteiger partial charge on any atom is -0.368 e. The number of piperazine rings is 1. The van der Waals surface area contributed by atoms with Crippen LogP contribution in [0.1, 0.15) is 19.8 Å². The van der Waals surface area contributed by atoms with Crippen LogP contribution < -0.4 is 10.2 Å². The molecule has 3 rings (SSSR count). The van der Waals surface area contributed by atoms with E-state index in [0.717, 1.165) is 31.7 Å². The van der Waals surface area contributed by atoms with Gasteiger partial charge < -0.3 is 19.9 Å². The van der Waals surface area contributed by atoms with Crippen molar-refractivity contribution in [1.29, 1.82) is 0 Å². The minimum atomic E-state index is -0.379. The van der Waals surface area contributed by atoms with Gasteiger partial charge >= 0.3 is 0 Å². The van der Waals surface area contributed by atoms with Crippen LogP contribution >= 0.6 is 0 Å². The van der Waals surface area contributed by atoms with Gasteiger partial charge in [0.15, 0.2) is 11.6 Å². The highest BCUT2D eigenvalue weighted by Crippen LogP contribution is 2.16. The van der Waals surface area contributed by atoms with Crippen LogP contribution in [0.2, 0.25) is 0 Å². The molecule has 2 aliphatic rings. The smallest absolute Gasteiger partial charge is 0.254 e. The third kappa shape index (κ3) is 3.76. The van der Waals surface area contributed by atoms with E-state index >= 15 is 0 Å².